The minimum absolute atomic E-state index is 0.000175. The number of benzene rings is 4. The van der Waals surface area contributed by atoms with Gasteiger partial charge in [-0.25, -0.2) is 13.1 Å². The predicted molar refractivity (Wildman–Crippen MR) is 178 cm³/mol. The second-order valence-corrected chi connectivity index (χ2v) is 14.0. The molecule has 0 bridgehead atoms. The van der Waals surface area contributed by atoms with Gasteiger partial charge >= 0.3 is 0 Å². The smallest absolute Gasteiger partial charge is 0.240 e. The Morgan fingerprint density at radius 3 is 1.96 bits per heavy atom. The Hall–Kier alpha value is -3.41. The van der Waals surface area contributed by atoms with E-state index < -0.39 is 16.3 Å². The van der Waals surface area contributed by atoms with Crippen LogP contribution in [0.15, 0.2) is 114 Å². The number of sulfonamides is 1. The molecule has 4 atom stereocenters. The second kappa shape index (κ2) is 15.0. The Labute approximate surface area is 272 Å². The average molecular weight is 642 g/mol. The maximum absolute atomic E-state index is 12.7. The summed E-state index contributed by atoms with van der Waals surface area (Å²) in [5, 5.41) is 9.57. The third-order valence-corrected chi connectivity index (χ3v) is 10.5. The molecule has 4 aromatic carbocycles. The highest BCUT2D eigenvalue weighted by molar-refractivity contribution is 7.89. The van der Waals surface area contributed by atoms with Crippen molar-refractivity contribution in [1.29, 1.82) is 0 Å². The van der Waals surface area contributed by atoms with E-state index in [2.05, 4.69) is 51.8 Å². The number of aliphatic hydroxyl groups is 1. The third kappa shape index (κ3) is 8.11. The van der Waals surface area contributed by atoms with E-state index in [0.717, 1.165) is 61.5 Å². The molecule has 8 nitrogen and oxygen atoms in total. The van der Waals surface area contributed by atoms with Crippen LogP contribution in [0.2, 0.25) is 0 Å². The largest absolute Gasteiger partial charge is 0.392 e. The van der Waals surface area contributed by atoms with Crippen molar-refractivity contribution in [2.24, 2.45) is 5.92 Å². The molecule has 6 rings (SSSR count). The first-order valence-electron chi connectivity index (χ1n) is 16.0. The maximum Gasteiger partial charge on any atom is 0.240 e. The number of rotatable bonds is 11. The lowest BCUT2D eigenvalue weighted by Crippen LogP contribution is -2.51. The number of piperazine rings is 1. The highest BCUT2D eigenvalue weighted by Gasteiger charge is 2.39. The van der Waals surface area contributed by atoms with Crippen LogP contribution in [0.25, 0.3) is 0 Å². The van der Waals surface area contributed by atoms with E-state index in [1.54, 1.807) is 30.3 Å². The Bertz CT molecular complexity index is 1630. The summed E-state index contributed by atoms with van der Waals surface area (Å²) in [6, 6.07) is 34.7. The van der Waals surface area contributed by atoms with E-state index in [4.69, 9.17) is 9.47 Å². The number of hydrogen-bond acceptors (Lipinski definition) is 7. The van der Waals surface area contributed by atoms with Gasteiger partial charge in [0.05, 0.1) is 23.7 Å². The molecular formula is C37H43N3O5S. The van der Waals surface area contributed by atoms with Crippen molar-refractivity contribution in [2.45, 2.75) is 50.0 Å². The first kappa shape index (κ1) is 32.5. The summed E-state index contributed by atoms with van der Waals surface area (Å²) < 4.78 is 41.4. The highest BCUT2D eigenvalue weighted by Crippen LogP contribution is 2.42. The molecule has 0 spiro atoms. The monoisotopic (exact) mass is 641 g/mol. The first-order valence-corrected chi connectivity index (χ1v) is 17.5. The molecule has 0 radical (unpaired) electrons. The van der Waals surface area contributed by atoms with Crippen LogP contribution in [0.4, 0.5) is 0 Å². The van der Waals surface area contributed by atoms with Crippen LogP contribution in [0.1, 0.15) is 47.1 Å². The minimum Gasteiger partial charge on any atom is -0.392 e. The molecule has 2 heterocycles. The van der Waals surface area contributed by atoms with E-state index >= 15 is 0 Å². The molecular weight excluding hydrogens is 598 g/mol. The van der Waals surface area contributed by atoms with Gasteiger partial charge in [-0.1, -0.05) is 104 Å². The zero-order valence-corrected chi connectivity index (χ0v) is 27.1. The fraction of sp³-hybridized carbons (Fsp3) is 0.351. The standard InChI is InChI=1S/C37H43N3O5S/c1-28-35(26-40-22-20-39(21-23-40)25-30-8-4-2-5-9-30)44-37(45-36(28)32-16-14-31(27-41)15-17-32)33-18-12-29(13-19-33)24-38-46(42,43)34-10-6-3-7-11-34/h2-19,28,35-38,41H,20-27H2,1H3/t28-,35+,36+,37+/m0/s1. The SMILES string of the molecule is C[C@H]1[C@@H](CN2CCN(Cc3ccccc3)CC2)O[C@@H](c2ccc(CNS(=O)(=O)c3ccccc3)cc2)O[C@H]1c1ccc(CO)cc1. The van der Waals surface area contributed by atoms with Gasteiger partial charge in [0, 0.05) is 57.3 Å². The molecule has 2 aliphatic rings. The number of nitrogens with zero attached hydrogens (tertiary/aromatic N) is 2. The fourth-order valence-corrected chi connectivity index (χ4v) is 7.25. The lowest BCUT2D eigenvalue weighted by molar-refractivity contribution is -0.276. The van der Waals surface area contributed by atoms with Crippen LogP contribution in [0.3, 0.4) is 0 Å². The van der Waals surface area contributed by atoms with Crippen LogP contribution < -0.4 is 4.72 Å². The molecule has 242 valence electrons. The molecule has 2 saturated heterocycles. The average Bonchev–Trinajstić information content (AvgIpc) is 3.10. The van der Waals surface area contributed by atoms with Crippen LogP contribution in [-0.4, -0.2) is 62.2 Å². The van der Waals surface area contributed by atoms with Gasteiger partial charge < -0.3 is 14.6 Å². The predicted octanol–water partition coefficient (Wildman–Crippen LogP) is 5.27. The number of aliphatic hydroxyl groups excluding tert-OH is 1. The molecule has 0 aromatic heterocycles. The maximum atomic E-state index is 12.7. The number of hydrogen-bond donors (Lipinski definition) is 2. The van der Waals surface area contributed by atoms with Gasteiger partial charge in [-0.3, -0.25) is 9.80 Å². The van der Waals surface area contributed by atoms with Gasteiger partial charge in [0.15, 0.2) is 6.29 Å². The van der Waals surface area contributed by atoms with Crippen molar-refractivity contribution in [2.75, 3.05) is 32.7 Å². The van der Waals surface area contributed by atoms with E-state index in [1.807, 2.05) is 48.5 Å². The first-order chi connectivity index (χ1) is 22.4. The summed E-state index contributed by atoms with van der Waals surface area (Å²) in [5.41, 5.74) is 4.99. The molecule has 9 heteroatoms. The zero-order chi connectivity index (χ0) is 31.9. The van der Waals surface area contributed by atoms with E-state index in [1.165, 1.54) is 5.56 Å². The fourth-order valence-electron chi connectivity index (χ4n) is 6.21. The van der Waals surface area contributed by atoms with Crippen LogP contribution >= 0.6 is 0 Å². The van der Waals surface area contributed by atoms with Crippen molar-refractivity contribution >= 4 is 10.0 Å². The van der Waals surface area contributed by atoms with Gasteiger partial charge in [0.2, 0.25) is 10.0 Å². The molecule has 2 aliphatic heterocycles. The molecule has 0 aliphatic carbocycles. The zero-order valence-electron chi connectivity index (χ0n) is 26.2. The van der Waals surface area contributed by atoms with Crippen molar-refractivity contribution in [1.82, 2.24) is 14.5 Å². The highest BCUT2D eigenvalue weighted by atomic mass is 32.2. The minimum atomic E-state index is -3.60. The van der Waals surface area contributed by atoms with Gasteiger partial charge in [0.25, 0.3) is 0 Å². The summed E-state index contributed by atoms with van der Waals surface area (Å²) in [7, 11) is -3.60. The van der Waals surface area contributed by atoms with E-state index in [-0.39, 0.29) is 36.2 Å². The van der Waals surface area contributed by atoms with Crippen molar-refractivity contribution in [3.63, 3.8) is 0 Å². The molecule has 46 heavy (non-hydrogen) atoms. The quantitative estimate of drug-likeness (QED) is 0.231. The molecule has 0 unspecified atom stereocenters. The Morgan fingerprint density at radius 1 is 0.717 bits per heavy atom. The van der Waals surface area contributed by atoms with Gasteiger partial charge in [0.1, 0.15) is 0 Å². The molecule has 2 N–H and O–H groups in total. The Kier molecular flexibility index (Phi) is 10.6. The van der Waals surface area contributed by atoms with Crippen molar-refractivity contribution < 1.29 is 23.0 Å². The Morgan fingerprint density at radius 2 is 1.30 bits per heavy atom. The Balaban J connectivity index is 1.13. The summed E-state index contributed by atoms with van der Waals surface area (Å²) in [5.74, 6) is 0.102. The molecule has 4 aromatic rings. The molecule has 0 saturated carbocycles. The number of ether oxygens (including phenoxy) is 2. The lowest BCUT2D eigenvalue weighted by Gasteiger charge is -2.44. The topological polar surface area (TPSA) is 91.3 Å². The third-order valence-electron chi connectivity index (χ3n) is 9.05. The van der Waals surface area contributed by atoms with E-state index in [0.29, 0.717) is 0 Å². The number of nitrogens with one attached hydrogen (secondary N) is 1. The van der Waals surface area contributed by atoms with Gasteiger partial charge in [-0.05, 0) is 34.4 Å². The van der Waals surface area contributed by atoms with Crippen molar-refractivity contribution in [3.8, 4) is 0 Å². The van der Waals surface area contributed by atoms with Crippen molar-refractivity contribution in [3.05, 3.63) is 137 Å². The van der Waals surface area contributed by atoms with Gasteiger partial charge in [-0.15, -0.1) is 0 Å². The normalized spacial score (nSPS) is 22.9. The van der Waals surface area contributed by atoms with Crippen LogP contribution in [-0.2, 0) is 39.2 Å². The lowest BCUT2D eigenvalue weighted by atomic mass is 9.90. The van der Waals surface area contributed by atoms with Crippen LogP contribution in [0, 0.1) is 5.92 Å². The molecule has 2 fully saturated rings. The van der Waals surface area contributed by atoms with Crippen LogP contribution in [0.5, 0.6) is 0 Å². The summed E-state index contributed by atoms with van der Waals surface area (Å²) >= 11 is 0. The van der Waals surface area contributed by atoms with E-state index in [9.17, 15) is 13.5 Å². The summed E-state index contributed by atoms with van der Waals surface area (Å²) in [6.45, 7) is 8.14. The summed E-state index contributed by atoms with van der Waals surface area (Å²) in [4.78, 5) is 5.25. The van der Waals surface area contributed by atoms with Gasteiger partial charge in [-0.2, -0.15) is 0 Å². The second-order valence-electron chi connectivity index (χ2n) is 12.3. The molecule has 0 amide bonds. The summed E-state index contributed by atoms with van der Waals surface area (Å²) in [6.07, 6.45) is -0.814.